The minimum Gasteiger partial charge on any atom is -0.493 e. The third-order valence-electron chi connectivity index (χ3n) is 2.95. The fourth-order valence-electron chi connectivity index (χ4n) is 1.88. The number of thiophene rings is 1. The van der Waals surface area contributed by atoms with Crippen molar-refractivity contribution in [2.45, 2.75) is 0 Å². The summed E-state index contributed by atoms with van der Waals surface area (Å²) >= 11 is 1.05. The van der Waals surface area contributed by atoms with E-state index in [0.717, 1.165) is 16.9 Å². The molecule has 1 aromatic carbocycles. The van der Waals surface area contributed by atoms with Gasteiger partial charge in [0.05, 0.1) is 19.9 Å². The van der Waals surface area contributed by atoms with Crippen molar-refractivity contribution in [3.05, 3.63) is 46.2 Å². The van der Waals surface area contributed by atoms with Crippen LogP contribution in [0.1, 0.15) is 15.2 Å². The van der Waals surface area contributed by atoms with Crippen LogP contribution < -0.4 is 14.8 Å². The average molecular weight is 333 g/mol. The Bertz CT molecular complexity index is 751. The van der Waals surface area contributed by atoms with E-state index in [1.807, 2.05) is 0 Å². The monoisotopic (exact) mass is 333 g/mol. The molecule has 2 aromatic rings. The standard InChI is InChI=1S/C16H15NO5S/c1-21-12-5-3-10(9-13(12)22-2)4-6-14(18)17-11-7-8-23-15(11)16(19)20/h3-9H,1-2H3,(H,17,18)(H,19,20)/b6-4+. The Kier molecular flexibility index (Phi) is 5.37. The molecule has 0 unspecified atom stereocenters. The molecule has 0 aliphatic rings. The van der Waals surface area contributed by atoms with Crippen molar-refractivity contribution >= 4 is 35.0 Å². The summed E-state index contributed by atoms with van der Waals surface area (Å²) in [5.41, 5.74) is 1.03. The van der Waals surface area contributed by atoms with Crippen molar-refractivity contribution in [1.29, 1.82) is 0 Å². The zero-order valence-corrected chi connectivity index (χ0v) is 13.3. The molecule has 0 fully saturated rings. The Morgan fingerprint density at radius 3 is 2.57 bits per heavy atom. The number of anilines is 1. The average Bonchev–Trinajstić information content (AvgIpc) is 3.00. The number of ether oxygens (including phenoxy) is 2. The lowest BCUT2D eigenvalue weighted by Crippen LogP contribution is -2.09. The largest absolute Gasteiger partial charge is 0.493 e. The van der Waals surface area contributed by atoms with Gasteiger partial charge in [0.15, 0.2) is 11.5 Å². The van der Waals surface area contributed by atoms with Crippen LogP contribution in [0, 0.1) is 0 Å². The number of hydrogen-bond acceptors (Lipinski definition) is 5. The number of rotatable bonds is 6. The zero-order chi connectivity index (χ0) is 16.8. The number of carboxylic acid groups (broad SMARTS) is 1. The van der Waals surface area contributed by atoms with Gasteiger partial charge < -0.3 is 19.9 Å². The quantitative estimate of drug-likeness (QED) is 0.794. The van der Waals surface area contributed by atoms with E-state index in [9.17, 15) is 9.59 Å². The number of carboxylic acids is 1. The van der Waals surface area contributed by atoms with Crippen LogP contribution in [0.5, 0.6) is 11.5 Å². The highest BCUT2D eigenvalue weighted by Crippen LogP contribution is 2.28. The van der Waals surface area contributed by atoms with Crippen LogP contribution in [-0.2, 0) is 4.79 Å². The van der Waals surface area contributed by atoms with Crippen LogP contribution >= 0.6 is 11.3 Å². The molecule has 2 rings (SSSR count). The van der Waals surface area contributed by atoms with E-state index in [0.29, 0.717) is 11.5 Å². The summed E-state index contributed by atoms with van der Waals surface area (Å²) in [7, 11) is 3.07. The summed E-state index contributed by atoms with van der Waals surface area (Å²) in [5.74, 6) is -0.334. The maximum Gasteiger partial charge on any atom is 0.348 e. The van der Waals surface area contributed by atoms with Gasteiger partial charge in [-0.2, -0.15) is 0 Å². The summed E-state index contributed by atoms with van der Waals surface area (Å²) in [4.78, 5) is 23.0. The third-order valence-corrected chi connectivity index (χ3v) is 3.85. The summed E-state index contributed by atoms with van der Waals surface area (Å²) in [6.07, 6.45) is 2.93. The molecule has 23 heavy (non-hydrogen) atoms. The highest BCUT2D eigenvalue weighted by Gasteiger charge is 2.12. The molecule has 120 valence electrons. The van der Waals surface area contributed by atoms with E-state index in [-0.39, 0.29) is 10.6 Å². The van der Waals surface area contributed by atoms with Gasteiger partial charge in [-0.25, -0.2) is 4.79 Å². The normalized spacial score (nSPS) is 10.5. The number of methoxy groups -OCH3 is 2. The van der Waals surface area contributed by atoms with Crippen LogP contribution in [-0.4, -0.2) is 31.2 Å². The summed E-state index contributed by atoms with van der Waals surface area (Å²) in [6.45, 7) is 0. The van der Waals surface area contributed by atoms with Gasteiger partial charge in [-0.1, -0.05) is 6.07 Å². The lowest BCUT2D eigenvalue weighted by atomic mass is 10.2. The molecule has 6 nitrogen and oxygen atoms in total. The topological polar surface area (TPSA) is 84.9 Å². The van der Waals surface area contributed by atoms with Crippen LogP contribution in [0.3, 0.4) is 0 Å². The first-order valence-corrected chi connectivity index (χ1v) is 7.45. The van der Waals surface area contributed by atoms with Crippen molar-refractivity contribution < 1.29 is 24.2 Å². The highest BCUT2D eigenvalue weighted by atomic mass is 32.1. The molecule has 0 aliphatic heterocycles. The number of benzene rings is 1. The van der Waals surface area contributed by atoms with Crippen LogP contribution in [0.2, 0.25) is 0 Å². The molecule has 7 heteroatoms. The van der Waals surface area contributed by atoms with E-state index in [1.165, 1.54) is 13.2 Å². The van der Waals surface area contributed by atoms with Crippen LogP contribution in [0.15, 0.2) is 35.7 Å². The van der Waals surface area contributed by atoms with Gasteiger partial charge in [0, 0.05) is 6.08 Å². The highest BCUT2D eigenvalue weighted by molar-refractivity contribution is 7.12. The molecular formula is C16H15NO5S. The minimum atomic E-state index is -1.07. The molecule has 1 amide bonds. The minimum absolute atomic E-state index is 0.0952. The summed E-state index contributed by atoms with van der Waals surface area (Å²) in [5, 5.41) is 13.1. The van der Waals surface area contributed by atoms with E-state index in [1.54, 1.807) is 42.8 Å². The molecule has 0 spiro atoms. The Labute approximate surface area is 137 Å². The molecule has 2 N–H and O–H groups in total. The zero-order valence-electron chi connectivity index (χ0n) is 12.5. The lowest BCUT2D eigenvalue weighted by molar-refractivity contribution is -0.111. The SMILES string of the molecule is COc1ccc(/C=C/C(=O)Nc2ccsc2C(=O)O)cc1OC. The number of amides is 1. The Hall–Kier alpha value is -2.80. The van der Waals surface area contributed by atoms with Gasteiger partial charge in [-0.3, -0.25) is 4.79 Å². The lowest BCUT2D eigenvalue weighted by Gasteiger charge is -2.07. The Balaban J connectivity index is 2.09. The second-order valence-electron chi connectivity index (χ2n) is 4.41. The van der Waals surface area contributed by atoms with Gasteiger partial charge in [-0.15, -0.1) is 11.3 Å². The third kappa shape index (κ3) is 4.10. The van der Waals surface area contributed by atoms with E-state index >= 15 is 0 Å². The van der Waals surface area contributed by atoms with Crippen molar-refractivity contribution in [3.8, 4) is 11.5 Å². The van der Waals surface area contributed by atoms with E-state index < -0.39 is 11.9 Å². The Morgan fingerprint density at radius 2 is 1.91 bits per heavy atom. The second kappa shape index (κ2) is 7.46. The second-order valence-corrected chi connectivity index (χ2v) is 5.32. The maximum absolute atomic E-state index is 11.9. The number of carbonyl (C=O) groups excluding carboxylic acids is 1. The molecule has 1 aromatic heterocycles. The molecular weight excluding hydrogens is 318 g/mol. The van der Waals surface area contributed by atoms with Crippen molar-refractivity contribution in [1.82, 2.24) is 0 Å². The summed E-state index contributed by atoms with van der Waals surface area (Å²) in [6, 6.07) is 6.79. The molecule has 1 heterocycles. The van der Waals surface area contributed by atoms with Gasteiger partial charge in [0.25, 0.3) is 0 Å². The number of nitrogens with one attached hydrogen (secondary N) is 1. The van der Waals surface area contributed by atoms with Crippen LogP contribution in [0.25, 0.3) is 6.08 Å². The number of aromatic carboxylic acids is 1. The van der Waals surface area contributed by atoms with Crippen LogP contribution in [0.4, 0.5) is 5.69 Å². The molecule has 0 saturated heterocycles. The molecule has 0 saturated carbocycles. The van der Waals surface area contributed by atoms with Gasteiger partial charge in [-0.05, 0) is 35.2 Å². The van der Waals surface area contributed by atoms with E-state index in [4.69, 9.17) is 14.6 Å². The first kappa shape index (κ1) is 16.6. The first-order valence-electron chi connectivity index (χ1n) is 6.57. The van der Waals surface area contributed by atoms with E-state index in [2.05, 4.69) is 5.32 Å². The Morgan fingerprint density at radius 1 is 1.17 bits per heavy atom. The van der Waals surface area contributed by atoms with Crippen molar-refractivity contribution in [2.24, 2.45) is 0 Å². The maximum atomic E-state index is 11.9. The predicted molar refractivity (Wildman–Crippen MR) is 88.5 cm³/mol. The van der Waals surface area contributed by atoms with Crippen molar-refractivity contribution in [2.75, 3.05) is 19.5 Å². The molecule has 0 radical (unpaired) electrons. The van der Waals surface area contributed by atoms with Crippen molar-refractivity contribution in [3.63, 3.8) is 0 Å². The molecule has 0 bridgehead atoms. The smallest absolute Gasteiger partial charge is 0.348 e. The van der Waals surface area contributed by atoms with Gasteiger partial charge in [0.1, 0.15) is 4.88 Å². The van der Waals surface area contributed by atoms with Gasteiger partial charge in [0.2, 0.25) is 5.91 Å². The number of carbonyl (C=O) groups is 2. The molecule has 0 aliphatic carbocycles. The number of hydrogen-bond donors (Lipinski definition) is 2. The molecule has 0 atom stereocenters. The summed E-state index contributed by atoms with van der Waals surface area (Å²) < 4.78 is 10.3. The van der Waals surface area contributed by atoms with Gasteiger partial charge >= 0.3 is 5.97 Å². The fraction of sp³-hybridized carbons (Fsp3) is 0.125. The predicted octanol–water partition coefficient (Wildman–Crippen LogP) is 3.12. The fourth-order valence-corrected chi connectivity index (χ4v) is 2.56. The first-order chi connectivity index (χ1) is 11.0.